The minimum atomic E-state index is -1.35. The third-order valence-corrected chi connectivity index (χ3v) is 11.6. The van der Waals surface area contributed by atoms with Crippen LogP contribution in [-0.4, -0.2) is 110 Å². The Morgan fingerprint density at radius 3 is 1.77 bits per heavy atom. The lowest BCUT2D eigenvalue weighted by molar-refractivity contribution is -0.142. The van der Waals surface area contributed by atoms with E-state index in [1.54, 1.807) is 73.8 Å². The number of H-pyrrole nitrogens is 2. The van der Waals surface area contributed by atoms with Crippen LogP contribution in [0.1, 0.15) is 62.4 Å². The van der Waals surface area contributed by atoms with Crippen LogP contribution in [0.3, 0.4) is 0 Å². The number of rotatable bonds is 26. The van der Waals surface area contributed by atoms with E-state index in [4.69, 9.17) is 11.5 Å². The first-order valence-corrected chi connectivity index (χ1v) is 22.8. The lowest BCUT2D eigenvalue weighted by Gasteiger charge is -2.29. The number of aromatic nitrogens is 3. The van der Waals surface area contributed by atoms with Crippen LogP contribution >= 0.6 is 0 Å². The second kappa shape index (κ2) is 25.8. The Labute approximate surface area is 399 Å². The average molecular weight is 947 g/mol. The first kappa shape index (κ1) is 51.9. The zero-order chi connectivity index (χ0) is 49.9. The van der Waals surface area contributed by atoms with Gasteiger partial charge in [-0.15, -0.1) is 0 Å². The fraction of sp³-hybridized carbons (Fsp3) is 0.367. The van der Waals surface area contributed by atoms with Gasteiger partial charge in [-0.25, -0.2) is 9.78 Å². The standard InChI is InChI=1S/C49H62N12O8/c1-4-29(2)42(61-46(66)38(22-31-14-7-5-8-15-31)58-45(65)40(56-30(3)62)25-34-27-52-28-55-34)47(67)57-37(20-13-21-53-49(50)51)43(63)59-39(24-33-26-54-36-19-12-11-18-35(33)36)44(64)60-41(48(68)69)23-32-16-9-6-10-17-32/h5-12,14-19,26-29,37-42,54H,4,13,20-25H2,1-3H3,(H,52,55)(H,56,62)(H,57,67)(H,58,65)(H,59,63)(H,60,64)(H,61,66)(H,68,69)(H4,50,51,53)/t29-,37+,38+,39+,40+,41+,42+/m0/s1. The second-order valence-electron chi connectivity index (χ2n) is 16.9. The molecule has 366 valence electrons. The summed E-state index contributed by atoms with van der Waals surface area (Å²) in [7, 11) is 0. The number of carboxylic acids is 1. The quantitative estimate of drug-likeness (QED) is 0.0213. The van der Waals surface area contributed by atoms with Crippen LogP contribution in [-0.2, 0) is 59.2 Å². The summed E-state index contributed by atoms with van der Waals surface area (Å²) in [6.07, 6.45) is 5.23. The molecular weight excluding hydrogens is 885 g/mol. The van der Waals surface area contributed by atoms with Crippen molar-refractivity contribution in [3.63, 3.8) is 0 Å². The normalized spacial score (nSPS) is 14.1. The van der Waals surface area contributed by atoms with Crippen LogP contribution in [0.2, 0.25) is 0 Å². The molecule has 20 nitrogen and oxygen atoms in total. The van der Waals surface area contributed by atoms with E-state index in [-0.39, 0.29) is 51.0 Å². The van der Waals surface area contributed by atoms with Crippen LogP contribution in [0.15, 0.2) is 109 Å². The first-order chi connectivity index (χ1) is 33.1. The molecule has 13 N–H and O–H groups in total. The second-order valence-corrected chi connectivity index (χ2v) is 16.9. The maximum absolute atomic E-state index is 14.5. The van der Waals surface area contributed by atoms with Crippen molar-refractivity contribution in [2.24, 2.45) is 22.4 Å². The minimum Gasteiger partial charge on any atom is -0.480 e. The third kappa shape index (κ3) is 16.1. The van der Waals surface area contributed by atoms with Gasteiger partial charge in [0.1, 0.15) is 36.3 Å². The summed E-state index contributed by atoms with van der Waals surface area (Å²) in [5.41, 5.74) is 14.5. The molecule has 5 rings (SSSR count). The van der Waals surface area contributed by atoms with Crippen molar-refractivity contribution in [3.05, 3.63) is 126 Å². The topological polar surface area (TPSA) is 321 Å². The number of carboxylic acid groups (broad SMARTS) is 1. The van der Waals surface area contributed by atoms with Crippen molar-refractivity contribution in [1.29, 1.82) is 0 Å². The van der Waals surface area contributed by atoms with E-state index < -0.39 is 83.6 Å². The van der Waals surface area contributed by atoms with Crippen molar-refractivity contribution >= 4 is 58.3 Å². The maximum atomic E-state index is 14.5. The molecule has 0 aliphatic rings. The molecule has 2 aromatic heterocycles. The molecule has 6 amide bonds. The molecule has 2 heterocycles. The lowest BCUT2D eigenvalue weighted by Crippen LogP contribution is -2.61. The van der Waals surface area contributed by atoms with E-state index in [0.717, 1.165) is 10.9 Å². The molecule has 0 aliphatic heterocycles. The molecule has 0 fully saturated rings. The number of para-hydroxylation sites is 1. The highest BCUT2D eigenvalue weighted by atomic mass is 16.4. The molecule has 69 heavy (non-hydrogen) atoms. The smallest absolute Gasteiger partial charge is 0.326 e. The summed E-state index contributed by atoms with van der Waals surface area (Å²) >= 11 is 0. The van der Waals surface area contributed by atoms with Gasteiger partial charge in [-0.1, -0.05) is 99.1 Å². The first-order valence-electron chi connectivity index (χ1n) is 22.8. The number of nitrogens with two attached hydrogens (primary N) is 2. The van der Waals surface area contributed by atoms with Gasteiger partial charge < -0.3 is 58.4 Å². The molecule has 0 aliphatic carbocycles. The number of carbonyl (C=O) groups excluding carboxylic acids is 6. The van der Waals surface area contributed by atoms with E-state index in [1.807, 2.05) is 31.2 Å². The number of benzene rings is 3. The number of fused-ring (bicyclic) bond motifs is 1. The monoisotopic (exact) mass is 946 g/mol. The molecule has 0 spiro atoms. The van der Waals surface area contributed by atoms with Gasteiger partial charge in [0.15, 0.2) is 5.96 Å². The Bertz CT molecular complexity index is 2530. The highest BCUT2D eigenvalue weighted by Crippen LogP contribution is 2.20. The summed E-state index contributed by atoms with van der Waals surface area (Å²) in [6.45, 7) is 4.93. The summed E-state index contributed by atoms with van der Waals surface area (Å²) in [5, 5.41) is 27.4. The number of carbonyl (C=O) groups is 7. The Morgan fingerprint density at radius 2 is 1.19 bits per heavy atom. The molecule has 0 bridgehead atoms. The predicted molar refractivity (Wildman–Crippen MR) is 259 cm³/mol. The van der Waals surface area contributed by atoms with Gasteiger partial charge >= 0.3 is 5.97 Å². The van der Waals surface area contributed by atoms with Crippen molar-refractivity contribution < 1.29 is 38.7 Å². The number of guanidine groups is 1. The lowest BCUT2D eigenvalue weighted by atomic mass is 9.96. The Kier molecular flexibility index (Phi) is 19.4. The van der Waals surface area contributed by atoms with Gasteiger partial charge in [0.2, 0.25) is 35.4 Å². The number of aliphatic carboxylic acids is 1. The molecule has 20 heteroatoms. The number of imidazole rings is 1. The molecule has 3 aromatic carbocycles. The number of hydrogen-bond donors (Lipinski definition) is 11. The molecule has 0 saturated heterocycles. The molecule has 5 aromatic rings. The van der Waals surface area contributed by atoms with E-state index in [2.05, 4.69) is 51.8 Å². The van der Waals surface area contributed by atoms with E-state index in [1.165, 1.54) is 19.4 Å². The van der Waals surface area contributed by atoms with Gasteiger partial charge in [0, 0.05) is 68.1 Å². The van der Waals surface area contributed by atoms with E-state index in [0.29, 0.717) is 28.8 Å². The van der Waals surface area contributed by atoms with Crippen molar-refractivity contribution in [3.8, 4) is 0 Å². The number of amides is 6. The fourth-order valence-corrected chi connectivity index (χ4v) is 7.72. The average Bonchev–Trinajstić information content (AvgIpc) is 4.01. The number of aliphatic imine (C=N–C) groups is 1. The van der Waals surface area contributed by atoms with E-state index in [9.17, 15) is 38.7 Å². The SMILES string of the molecule is CC[C@H](C)[C@@H](NC(=O)[C@@H](Cc1ccccc1)NC(=O)[C@@H](Cc1cnc[nH]1)NC(C)=O)C(=O)N[C@H](CCCN=C(N)N)C(=O)N[C@H](Cc1c[nH]c2ccccc12)C(=O)N[C@H](Cc1ccccc1)C(=O)O. The Hall–Kier alpha value is -8.03. The summed E-state index contributed by atoms with van der Waals surface area (Å²) in [5.74, 6) is -6.06. The predicted octanol–water partition coefficient (Wildman–Crippen LogP) is 1.27. The molecule has 0 radical (unpaired) electrons. The van der Waals surface area contributed by atoms with Crippen LogP contribution in [0.5, 0.6) is 0 Å². The van der Waals surface area contributed by atoms with Crippen LogP contribution < -0.4 is 43.4 Å². The molecular formula is C49H62N12O8. The van der Waals surface area contributed by atoms with E-state index >= 15 is 0 Å². The molecule has 7 atom stereocenters. The van der Waals surface area contributed by atoms with Crippen molar-refractivity contribution in [2.45, 2.75) is 102 Å². The van der Waals surface area contributed by atoms with Gasteiger partial charge in [0.05, 0.1) is 6.33 Å². The Morgan fingerprint density at radius 1 is 0.652 bits per heavy atom. The molecule has 0 saturated carbocycles. The van der Waals surface area contributed by atoms with Gasteiger partial charge in [-0.2, -0.15) is 0 Å². The summed E-state index contributed by atoms with van der Waals surface area (Å²) in [6, 6.07) is 17.5. The minimum absolute atomic E-state index is 0.0176. The molecule has 0 unspecified atom stereocenters. The zero-order valence-corrected chi connectivity index (χ0v) is 38.9. The zero-order valence-electron chi connectivity index (χ0n) is 38.9. The summed E-state index contributed by atoms with van der Waals surface area (Å²) in [4.78, 5) is 110. The number of nitrogens with one attached hydrogen (secondary N) is 8. The highest BCUT2D eigenvalue weighted by Gasteiger charge is 2.35. The number of aromatic amines is 2. The number of nitrogens with zero attached hydrogens (tertiary/aromatic N) is 2. The summed E-state index contributed by atoms with van der Waals surface area (Å²) < 4.78 is 0. The maximum Gasteiger partial charge on any atom is 0.326 e. The van der Waals surface area contributed by atoms with Crippen LogP contribution in [0, 0.1) is 5.92 Å². The number of hydrogen-bond acceptors (Lipinski definition) is 9. The Balaban J connectivity index is 1.41. The van der Waals surface area contributed by atoms with Gasteiger partial charge in [-0.05, 0) is 41.5 Å². The van der Waals surface area contributed by atoms with Crippen LogP contribution in [0.4, 0.5) is 0 Å². The fourth-order valence-electron chi connectivity index (χ4n) is 7.72. The van der Waals surface area contributed by atoms with Crippen LogP contribution in [0.25, 0.3) is 10.9 Å². The van der Waals surface area contributed by atoms with Crippen molar-refractivity contribution in [1.82, 2.24) is 46.9 Å². The van der Waals surface area contributed by atoms with Gasteiger partial charge in [0.25, 0.3) is 0 Å². The highest BCUT2D eigenvalue weighted by molar-refractivity contribution is 5.97. The van der Waals surface area contributed by atoms with Gasteiger partial charge in [-0.3, -0.25) is 33.8 Å². The van der Waals surface area contributed by atoms with Crippen molar-refractivity contribution in [2.75, 3.05) is 6.54 Å². The largest absolute Gasteiger partial charge is 0.480 e. The third-order valence-electron chi connectivity index (χ3n) is 11.6.